The van der Waals surface area contributed by atoms with Gasteiger partial charge in [-0.25, -0.2) is 4.79 Å². The minimum atomic E-state index is -2.30. The molecule has 3 aromatic rings. The fourth-order valence-electron chi connectivity index (χ4n) is 5.54. The van der Waals surface area contributed by atoms with Crippen LogP contribution in [0.25, 0.3) is 0 Å². The van der Waals surface area contributed by atoms with E-state index in [9.17, 15) is 9.59 Å². The summed E-state index contributed by atoms with van der Waals surface area (Å²) in [7, 11) is -2.30. The van der Waals surface area contributed by atoms with Gasteiger partial charge in [-0.15, -0.1) is 0 Å². The van der Waals surface area contributed by atoms with Crippen LogP contribution in [-0.2, 0) is 23.3 Å². The zero-order valence-electron chi connectivity index (χ0n) is 20.4. The van der Waals surface area contributed by atoms with Crippen LogP contribution in [0.4, 0.5) is 4.79 Å². The number of imide groups is 1. The van der Waals surface area contributed by atoms with Crippen molar-refractivity contribution in [1.29, 1.82) is 0 Å². The minimum absolute atomic E-state index is 0.108. The summed E-state index contributed by atoms with van der Waals surface area (Å²) in [6.07, 6.45) is 0.475. The van der Waals surface area contributed by atoms with Crippen LogP contribution in [0.2, 0.25) is 18.1 Å². The van der Waals surface area contributed by atoms with Gasteiger partial charge in [-0.3, -0.25) is 9.69 Å². The molecule has 0 bridgehead atoms. The first kappa shape index (κ1) is 24.0. The highest BCUT2D eigenvalue weighted by atomic mass is 28.3. The van der Waals surface area contributed by atoms with E-state index in [4.69, 9.17) is 0 Å². The molecular formula is C29H34N2O2Si. The predicted molar refractivity (Wildman–Crippen MR) is 140 cm³/mol. The largest absolute Gasteiger partial charge is 0.333 e. The Bertz CT molecular complexity index is 1110. The zero-order valence-corrected chi connectivity index (χ0v) is 21.4. The van der Waals surface area contributed by atoms with Crippen molar-refractivity contribution < 1.29 is 9.59 Å². The second kappa shape index (κ2) is 9.98. The van der Waals surface area contributed by atoms with Crippen LogP contribution in [0.1, 0.15) is 37.5 Å². The number of carbonyl (C=O) groups excluding carboxylic acids is 2. The molecule has 3 amide bonds. The molecule has 0 N–H and O–H groups in total. The van der Waals surface area contributed by atoms with Gasteiger partial charge >= 0.3 is 6.03 Å². The maximum atomic E-state index is 14.5. The molecule has 1 saturated heterocycles. The number of urea groups is 1. The molecule has 0 spiro atoms. The Balaban J connectivity index is 1.95. The van der Waals surface area contributed by atoms with Crippen LogP contribution in [0.3, 0.4) is 0 Å². The molecular weight excluding hydrogens is 436 g/mol. The summed E-state index contributed by atoms with van der Waals surface area (Å²) in [5.74, 6) is -0.108. The average molecular weight is 471 g/mol. The molecule has 0 radical (unpaired) electrons. The first-order chi connectivity index (χ1) is 16.5. The number of nitrogens with zero attached hydrogens (tertiary/aromatic N) is 2. The zero-order chi connectivity index (χ0) is 24.2. The van der Waals surface area contributed by atoms with E-state index in [2.05, 4.69) is 37.5 Å². The van der Waals surface area contributed by atoms with Gasteiger partial charge in [-0.1, -0.05) is 112 Å². The van der Waals surface area contributed by atoms with Gasteiger partial charge in [0.15, 0.2) is 8.24 Å². The molecule has 3 aromatic carbocycles. The standard InChI is InChI=1S/C29H34N2O2Si/c1-4-34(5-2,6-3)31-28(33)30(23-25-18-12-8-13-19-25)27(32)29(31,26-20-14-9-15-21-26)22-24-16-10-7-11-17-24/h7-21H,4-6,22-23H2,1-3H3. The highest BCUT2D eigenvalue weighted by Gasteiger charge is 2.63. The first-order valence-corrected chi connectivity index (χ1v) is 14.9. The SMILES string of the molecule is CC[Si](CC)(CC)N1C(=O)N(Cc2ccccc2)C(=O)C1(Cc1ccccc1)c1ccccc1. The van der Waals surface area contributed by atoms with Gasteiger partial charge in [-0.05, 0) is 34.8 Å². The van der Waals surface area contributed by atoms with Crippen molar-refractivity contribution in [3.05, 3.63) is 108 Å². The smallest absolute Gasteiger partial charge is 0.320 e. The van der Waals surface area contributed by atoms with Crippen LogP contribution in [0, 0.1) is 0 Å². The second-order valence-electron chi connectivity index (χ2n) is 9.17. The van der Waals surface area contributed by atoms with Crippen molar-refractivity contribution >= 4 is 20.2 Å². The van der Waals surface area contributed by atoms with E-state index in [1.807, 2.05) is 78.9 Å². The Morgan fingerprint density at radius 1 is 0.676 bits per heavy atom. The number of amides is 3. The molecule has 1 fully saturated rings. The van der Waals surface area contributed by atoms with Gasteiger partial charge in [0.05, 0.1) is 6.54 Å². The fraction of sp³-hybridized carbons (Fsp3) is 0.310. The van der Waals surface area contributed by atoms with Gasteiger partial charge in [0, 0.05) is 6.42 Å². The summed E-state index contributed by atoms with van der Waals surface area (Å²) in [6.45, 7) is 6.86. The quantitative estimate of drug-likeness (QED) is 0.261. The number of hydrogen-bond donors (Lipinski definition) is 0. The van der Waals surface area contributed by atoms with E-state index in [-0.39, 0.29) is 11.9 Å². The molecule has 4 rings (SSSR count). The summed E-state index contributed by atoms with van der Waals surface area (Å²) >= 11 is 0. The summed E-state index contributed by atoms with van der Waals surface area (Å²) in [6, 6.07) is 32.5. The summed E-state index contributed by atoms with van der Waals surface area (Å²) in [5.41, 5.74) is 1.89. The third-order valence-corrected chi connectivity index (χ3v) is 13.1. The van der Waals surface area contributed by atoms with Crippen LogP contribution >= 0.6 is 0 Å². The predicted octanol–water partition coefficient (Wildman–Crippen LogP) is 6.59. The van der Waals surface area contributed by atoms with Gasteiger partial charge in [0.2, 0.25) is 0 Å². The van der Waals surface area contributed by atoms with Crippen LogP contribution in [-0.4, -0.2) is 29.6 Å². The summed E-state index contributed by atoms with van der Waals surface area (Å²) in [5, 5.41) is 0. The molecule has 5 heteroatoms. The summed E-state index contributed by atoms with van der Waals surface area (Å²) < 4.78 is 2.09. The summed E-state index contributed by atoms with van der Waals surface area (Å²) in [4.78, 5) is 30.3. The van der Waals surface area contributed by atoms with E-state index in [0.29, 0.717) is 13.0 Å². The van der Waals surface area contributed by atoms with E-state index in [1.54, 1.807) is 0 Å². The molecule has 4 nitrogen and oxygen atoms in total. The Hall–Kier alpha value is -3.18. The van der Waals surface area contributed by atoms with E-state index in [0.717, 1.165) is 34.8 Å². The molecule has 1 unspecified atom stereocenters. The van der Waals surface area contributed by atoms with Gasteiger partial charge < -0.3 is 4.57 Å². The molecule has 1 aliphatic heterocycles. The maximum Gasteiger partial charge on any atom is 0.320 e. The third-order valence-electron chi connectivity index (χ3n) is 7.59. The molecule has 1 heterocycles. The number of hydrogen-bond acceptors (Lipinski definition) is 2. The van der Waals surface area contributed by atoms with Crippen molar-refractivity contribution in [1.82, 2.24) is 9.47 Å². The monoisotopic (exact) mass is 470 g/mol. The molecule has 1 aliphatic rings. The van der Waals surface area contributed by atoms with Crippen LogP contribution in [0.5, 0.6) is 0 Å². The highest BCUT2D eigenvalue weighted by Crippen LogP contribution is 2.46. The molecule has 0 saturated carbocycles. The molecule has 34 heavy (non-hydrogen) atoms. The normalized spacial score (nSPS) is 18.6. The van der Waals surface area contributed by atoms with Crippen molar-refractivity contribution in [2.45, 2.75) is 57.4 Å². The lowest BCUT2D eigenvalue weighted by Crippen LogP contribution is -2.62. The molecule has 0 aromatic heterocycles. The topological polar surface area (TPSA) is 40.6 Å². The van der Waals surface area contributed by atoms with E-state index < -0.39 is 13.8 Å². The molecule has 176 valence electrons. The minimum Gasteiger partial charge on any atom is -0.333 e. The Labute approximate surface area is 204 Å². The third kappa shape index (κ3) is 3.98. The fourth-order valence-corrected chi connectivity index (χ4v) is 9.63. The van der Waals surface area contributed by atoms with E-state index in [1.165, 1.54) is 4.90 Å². The Kier molecular flexibility index (Phi) is 7.03. The Morgan fingerprint density at radius 3 is 1.65 bits per heavy atom. The lowest BCUT2D eigenvalue weighted by molar-refractivity contribution is -0.133. The van der Waals surface area contributed by atoms with Crippen molar-refractivity contribution in [3.63, 3.8) is 0 Å². The number of benzene rings is 3. The lowest BCUT2D eigenvalue weighted by Gasteiger charge is -2.47. The van der Waals surface area contributed by atoms with Crippen LogP contribution < -0.4 is 0 Å². The average Bonchev–Trinajstić information content (AvgIpc) is 3.10. The second-order valence-corrected chi connectivity index (χ2v) is 14.2. The highest BCUT2D eigenvalue weighted by molar-refractivity contribution is 6.79. The van der Waals surface area contributed by atoms with Gasteiger partial charge in [0.1, 0.15) is 5.54 Å². The number of carbonyl (C=O) groups is 2. The van der Waals surface area contributed by atoms with E-state index >= 15 is 0 Å². The lowest BCUT2D eigenvalue weighted by atomic mass is 9.83. The van der Waals surface area contributed by atoms with Crippen molar-refractivity contribution in [2.75, 3.05) is 0 Å². The molecule has 1 atom stereocenters. The van der Waals surface area contributed by atoms with Crippen molar-refractivity contribution in [2.24, 2.45) is 0 Å². The van der Waals surface area contributed by atoms with Crippen molar-refractivity contribution in [3.8, 4) is 0 Å². The number of rotatable bonds is 9. The first-order valence-electron chi connectivity index (χ1n) is 12.3. The van der Waals surface area contributed by atoms with Gasteiger partial charge in [-0.2, -0.15) is 0 Å². The maximum absolute atomic E-state index is 14.5. The van der Waals surface area contributed by atoms with Gasteiger partial charge in [0.25, 0.3) is 5.91 Å². The van der Waals surface area contributed by atoms with Crippen LogP contribution in [0.15, 0.2) is 91.0 Å². The Morgan fingerprint density at radius 2 is 1.15 bits per heavy atom. The molecule has 0 aliphatic carbocycles.